The Morgan fingerprint density at radius 1 is 1.38 bits per heavy atom. The van der Waals surface area contributed by atoms with Crippen molar-refractivity contribution in [3.8, 4) is 6.07 Å². The minimum Gasteiger partial charge on any atom is -0.462 e. The highest BCUT2D eigenvalue weighted by molar-refractivity contribution is 6.25. The normalized spacial score (nSPS) is 15.4. The second-order valence-electron chi connectivity index (χ2n) is 7.19. The number of nitriles is 1. The van der Waals surface area contributed by atoms with Crippen LogP contribution in [0.15, 0.2) is 12.1 Å². The maximum Gasteiger partial charge on any atom is 0.443 e. The molecular formula is C19H26BN3O3+. The molecule has 1 saturated carbocycles. The van der Waals surface area contributed by atoms with Crippen LogP contribution in [0.5, 0.6) is 0 Å². The zero-order chi connectivity index (χ0) is 19.5. The van der Waals surface area contributed by atoms with Crippen molar-refractivity contribution in [3.05, 3.63) is 28.8 Å². The molecule has 0 spiro atoms. The van der Waals surface area contributed by atoms with Crippen LogP contribution in [0.25, 0.3) is 0 Å². The number of hydrogen-bond acceptors (Lipinski definition) is 4. The fraction of sp³-hybridized carbons (Fsp3) is 0.526. The summed E-state index contributed by atoms with van der Waals surface area (Å²) in [5.41, 5.74) is 1.13. The average molecular weight is 355 g/mol. The molecule has 1 fully saturated rings. The van der Waals surface area contributed by atoms with Crippen molar-refractivity contribution < 1.29 is 18.7 Å². The number of esters is 1. The Bertz CT molecular complexity index is 764. The fourth-order valence-corrected chi connectivity index (χ4v) is 3.44. The minimum atomic E-state index is -0.541. The number of nitrogens with zero attached hydrogens (tertiary/aromatic N) is 2. The molecule has 26 heavy (non-hydrogen) atoms. The molecule has 137 valence electrons. The highest BCUT2D eigenvalue weighted by atomic mass is 16.5. The summed E-state index contributed by atoms with van der Waals surface area (Å²) in [7, 11) is 6.03. The van der Waals surface area contributed by atoms with Crippen LogP contribution in [0.1, 0.15) is 47.7 Å². The maximum absolute atomic E-state index is 13.2. The number of rotatable bonds is 6. The first-order valence-electron chi connectivity index (χ1n) is 8.90. The molecule has 1 aromatic carbocycles. The molecular weight excluding hydrogens is 329 g/mol. The Balaban J connectivity index is 2.44. The van der Waals surface area contributed by atoms with Crippen molar-refractivity contribution in [2.45, 2.75) is 45.5 Å². The molecule has 0 saturated heterocycles. The smallest absolute Gasteiger partial charge is 0.443 e. The summed E-state index contributed by atoms with van der Waals surface area (Å²) in [6, 6.07) is 5.18. The number of ether oxygens (including phenoxy) is 1. The van der Waals surface area contributed by atoms with E-state index in [4.69, 9.17) is 4.74 Å². The second-order valence-corrected chi connectivity index (χ2v) is 7.19. The van der Waals surface area contributed by atoms with Gasteiger partial charge in [-0.25, -0.2) is 4.79 Å². The summed E-state index contributed by atoms with van der Waals surface area (Å²) in [6.45, 7) is 5.67. The average Bonchev–Trinajstić information content (AvgIpc) is 2.55. The van der Waals surface area contributed by atoms with Gasteiger partial charge >= 0.3 is 13.4 Å². The minimum absolute atomic E-state index is 0.106. The summed E-state index contributed by atoms with van der Waals surface area (Å²) in [6.07, 6.45) is 2.58. The Morgan fingerprint density at radius 2 is 2.04 bits per heavy atom. The van der Waals surface area contributed by atoms with Gasteiger partial charge in [0.05, 0.1) is 29.5 Å². The molecule has 2 rings (SSSR count). The van der Waals surface area contributed by atoms with Crippen molar-refractivity contribution in [1.29, 1.82) is 5.26 Å². The number of likely N-dealkylation sites (N-methyl/N-ethyl adjacent to an activating group) is 1. The van der Waals surface area contributed by atoms with Crippen molar-refractivity contribution in [1.82, 2.24) is 0 Å². The van der Waals surface area contributed by atoms with E-state index in [1.165, 1.54) is 6.07 Å². The lowest BCUT2D eigenvalue weighted by atomic mass is 9.68. The summed E-state index contributed by atoms with van der Waals surface area (Å²) >= 11 is 0. The Morgan fingerprint density at radius 3 is 2.50 bits per heavy atom. The molecule has 1 N–H and O–H groups in total. The first-order chi connectivity index (χ1) is 12.2. The largest absolute Gasteiger partial charge is 0.462 e. The van der Waals surface area contributed by atoms with Crippen LogP contribution in [0, 0.1) is 18.3 Å². The number of hydrogen-bond donors (Lipinski definition) is 1. The Hall–Kier alpha value is -2.33. The monoisotopic (exact) mass is 355 g/mol. The second kappa shape index (κ2) is 7.51. The van der Waals surface area contributed by atoms with Crippen LogP contribution in [0.2, 0.25) is 6.82 Å². The van der Waals surface area contributed by atoms with E-state index in [1.54, 1.807) is 19.9 Å². The van der Waals surface area contributed by atoms with Gasteiger partial charge in [-0.05, 0) is 44.8 Å². The molecule has 7 heteroatoms. The third-order valence-electron chi connectivity index (χ3n) is 5.55. The number of aryl methyl sites for hydroxylation is 1. The SMILES string of the molecule is C[B][N+](C)(C)C1(C(=O)Nc2c(C)cc(C#N)cc2C(=O)OCC)CCC1. The standard InChI is InChI=1S/C19H26BN3O3/c1-6-26-17(24)15-11-14(12-21)10-13(2)16(15)22-18(25)19(8-7-9-19)23(4,5)20-3/h10-11H,6-9H2,1-5H3,(H,22,25)/q+1. The number of amides is 1. The van der Waals surface area contributed by atoms with Gasteiger partial charge in [0.2, 0.25) is 0 Å². The van der Waals surface area contributed by atoms with Crippen molar-refractivity contribution in [2.75, 3.05) is 26.0 Å². The lowest BCUT2D eigenvalue weighted by molar-refractivity contribution is -0.834. The molecule has 1 aliphatic rings. The van der Waals surface area contributed by atoms with E-state index >= 15 is 0 Å². The molecule has 1 amide bonds. The Labute approximate surface area is 156 Å². The molecule has 0 atom stereocenters. The summed E-state index contributed by atoms with van der Waals surface area (Å²) in [5.74, 6) is -0.647. The van der Waals surface area contributed by atoms with E-state index in [0.29, 0.717) is 21.2 Å². The van der Waals surface area contributed by atoms with Crippen LogP contribution in [-0.2, 0) is 9.53 Å². The van der Waals surface area contributed by atoms with E-state index < -0.39 is 11.5 Å². The first-order valence-corrected chi connectivity index (χ1v) is 8.90. The zero-order valence-corrected chi connectivity index (χ0v) is 16.2. The summed E-state index contributed by atoms with van der Waals surface area (Å²) < 4.78 is 5.58. The highest BCUT2D eigenvalue weighted by Crippen LogP contribution is 2.41. The van der Waals surface area contributed by atoms with Crippen molar-refractivity contribution in [3.63, 3.8) is 0 Å². The van der Waals surface area contributed by atoms with Gasteiger partial charge in [0.1, 0.15) is 0 Å². The van der Waals surface area contributed by atoms with E-state index in [9.17, 15) is 14.9 Å². The van der Waals surface area contributed by atoms with E-state index in [0.717, 1.165) is 19.3 Å². The van der Waals surface area contributed by atoms with E-state index in [2.05, 4.69) is 5.32 Å². The van der Waals surface area contributed by atoms with Gasteiger partial charge in [-0.2, -0.15) is 5.26 Å². The molecule has 0 unspecified atom stereocenters. The summed E-state index contributed by atoms with van der Waals surface area (Å²) in [4.78, 5) is 25.6. The molecule has 1 aliphatic carbocycles. The van der Waals surface area contributed by atoms with Gasteiger partial charge in [0.15, 0.2) is 5.54 Å². The third-order valence-corrected chi connectivity index (χ3v) is 5.55. The quantitative estimate of drug-likeness (QED) is 0.629. The maximum atomic E-state index is 13.2. The van der Waals surface area contributed by atoms with Crippen LogP contribution in [0.4, 0.5) is 5.69 Å². The third kappa shape index (κ3) is 3.34. The van der Waals surface area contributed by atoms with Crippen LogP contribution in [-0.4, -0.2) is 49.9 Å². The molecule has 6 nitrogen and oxygen atoms in total. The van der Waals surface area contributed by atoms with Gasteiger partial charge in [0.25, 0.3) is 5.91 Å². The Kier molecular flexibility index (Phi) is 5.77. The molecule has 0 aromatic heterocycles. The number of anilines is 1. The van der Waals surface area contributed by atoms with Gasteiger partial charge < -0.3 is 14.4 Å². The summed E-state index contributed by atoms with van der Waals surface area (Å²) in [5, 5.41) is 12.2. The zero-order valence-electron chi connectivity index (χ0n) is 16.2. The fourth-order valence-electron chi connectivity index (χ4n) is 3.44. The molecule has 0 bridgehead atoms. The molecule has 0 heterocycles. The van der Waals surface area contributed by atoms with Crippen LogP contribution >= 0.6 is 0 Å². The van der Waals surface area contributed by atoms with Crippen molar-refractivity contribution in [2.24, 2.45) is 0 Å². The van der Waals surface area contributed by atoms with Crippen LogP contribution < -0.4 is 5.32 Å². The lowest BCUT2D eigenvalue weighted by Crippen LogP contribution is -2.70. The van der Waals surface area contributed by atoms with E-state index in [1.807, 2.05) is 34.4 Å². The predicted molar refractivity (Wildman–Crippen MR) is 101 cm³/mol. The van der Waals surface area contributed by atoms with Gasteiger partial charge in [-0.15, -0.1) is 0 Å². The number of quaternary nitrogens is 1. The van der Waals surface area contributed by atoms with Gasteiger partial charge in [-0.3, -0.25) is 4.79 Å². The highest BCUT2D eigenvalue weighted by Gasteiger charge is 2.55. The number of carbonyl (C=O) groups excluding carboxylic acids is 2. The van der Waals surface area contributed by atoms with Gasteiger partial charge in [-0.1, -0.05) is 0 Å². The predicted octanol–water partition coefficient (Wildman–Crippen LogP) is 2.65. The van der Waals surface area contributed by atoms with Crippen molar-refractivity contribution >= 4 is 25.0 Å². The number of carbonyl (C=O) groups is 2. The molecule has 0 aliphatic heterocycles. The van der Waals surface area contributed by atoms with Crippen LogP contribution in [0.3, 0.4) is 0 Å². The molecule has 1 radical (unpaired) electrons. The van der Waals surface area contributed by atoms with Gasteiger partial charge in [0, 0.05) is 26.9 Å². The lowest BCUT2D eigenvalue weighted by Gasteiger charge is -2.52. The number of benzene rings is 1. The number of nitrogens with one attached hydrogen (secondary N) is 1. The topological polar surface area (TPSA) is 79.2 Å². The molecule has 1 aromatic rings. The van der Waals surface area contributed by atoms with E-state index in [-0.39, 0.29) is 18.1 Å². The first kappa shape index (κ1) is 20.0.